The first-order valence-corrected chi connectivity index (χ1v) is 9.39. The van der Waals surface area contributed by atoms with Gasteiger partial charge in [0.25, 0.3) is 0 Å². The van der Waals surface area contributed by atoms with E-state index in [9.17, 15) is 12.8 Å². The topological polar surface area (TPSA) is 40.6 Å². The molecular formula is C18H21FN2O2S. The predicted octanol–water partition coefficient (Wildman–Crippen LogP) is 2.95. The van der Waals surface area contributed by atoms with Gasteiger partial charge in [-0.3, -0.25) is 0 Å². The third-order valence-electron chi connectivity index (χ3n) is 4.26. The van der Waals surface area contributed by atoms with Gasteiger partial charge in [-0.25, -0.2) is 12.8 Å². The molecule has 1 aliphatic heterocycles. The summed E-state index contributed by atoms with van der Waals surface area (Å²) < 4.78 is 39.7. The fraction of sp³-hybridized carbons (Fsp3) is 0.333. The highest BCUT2D eigenvalue weighted by molar-refractivity contribution is 7.89. The second-order valence-corrected chi connectivity index (χ2v) is 8.13. The SMILES string of the molecule is Cc1cc(C)cc(N2CCN(S(=O)(=O)c3ccc(F)cc3)CC2)c1. The number of anilines is 1. The lowest BCUT2D eigenvalue weighted by Gasteiger charge is -2.35. The maximum atomic E-state index is 13.0. The lowest BCUT2D eigenvalue weighted by molar-refractivity contribution is 0.385. The van der Waals surface area contributed by atoms with Gasteiger partial charge in [0.2, 0.25) is 10.0 Å². The van der Waals surface area contributed by atoms with Crippen LogP contribution in [0, 0.1) is 19.7 Å². The molecule has 0 saturated carbocycles. The molecule has 0 aliphatic carbocycles. The molecule has 0 spiro atoms. The molecule has 2 aromatic rings. The van der Waals surface area contributed by atoms with E-state index >= 15 is 0 Å². The molecule has 0 atom stereocenters. The Balaban J connectivity index is 1.73. The number of benzene rings is 2. The van der Waals surface area contributed by atoms with Crippen LogP contribution in [-0.2, 0) is 10.0 Å². The van der Waals surface area contributed by atoms with Crippen molar-refractivity contribution in [3.63, 3.8) is 0 Å². The molecule has 0 bridgehead atoms. The van der Waals surface area contributed by atoms with E-state index in [0.717, 1.165) is 5.69 Å². The zero-order valence-corrected chi connectivity index (χ0v) is 14.7. The van der Waals surface area contributed by atoms with Gasteiger partial charge in [0, 0.05) is 31.9 Å². The maximum absolute atomic E-state index is 13.0. The van der Waals surface area contributed by atoms with E-state index in [0.29, 0.717) is 26.2 Å². The first-order valence-electron chi connectivity index (χ1n) is 7.95. The van der Waals surface area contributed by atoms with Crippen molar-refractivity contribution in [2.75, 3.05) is 31.1 Å². The Labute approximate surface area is 142 Å². The van der Waals surface area contributed by atoms with E-state index in [2.05, 4.69) is 36.9 Å². The zero-order chi connectivity index (χ0) is 17.3. The molecule has 1 fully saturated rings. The molecule has 24 heavy (non-hydrogen) atoms. The lowest BCUT2D eigenvalue weighted by Crippen LogP contribution is -2.48. The first kappa shape index (κ1) is 16.9. The van der Waals surface area contributed by atoms with Gasteiger partial charge in [0.15, 0.2) is 0 Å². The number of rotatable bonds is 3. The molecular weight excluding hydrogens is 327 g/mol. The second-order valence-electron chi connectivity index (χ2n) is 6.19. The molecule has 0 amide bonds. The molecule has 6 heteroatoms. The van der Waals surface area contributed by atoms with Crippen LogP contribution in [0.3, 0.4) is 0 Å². The Bertz CT molecular complexity index is 806. The summed E-state index contributed by atoms with van der Waals surface area (Å²) in [7, 11) is -3.56. The van der Waals surface area contributed by atoms with Crippen LogP contribution in [0.25, 0.3) is 0 Å². The van der Waals surface area contributed by atoms with Crippen molar-refractivity contribution in [3.05, 3.63) is 59.4 Å². The molecule has 0 unspecified atom stereocenters. The van der Waals surface area contributed by atoms with Gasteiger partial charge < -0.3 is 4.90 Å². The van der Waals surface area contributed by atoms with Gasteiger partial charge in [-0.15, -0.1) is 0 Å². The highest BCUT2D eigenvalue weighted by Crippen LogP contribution is 2.23. The standard InChI is InChI=1S/C18H21FN2O2S/c1-14-11-15(2)13-17(12-14)20-7-9-21(10-8-20)24(22,23)18-5-3-16(19)4-6-18/h3-6,11-13H,7-10H2,1-2H3. The average Bonchev–Trinajstić information content (AvgIpc) is 2.54. The Morgan fingerprint density at radius 3 is 1.96 bits per heavy atom. The Morgan fingerprint density at radius 2 is 1.42 bits per heavy atom. The normalized spacial score (nSPS) is 16.4. The number of aryl methyl sites for hydroxylation is 2. The molecule has 128 valence electrons. The van der Waals surface area contributed by atoms with Crippen molar-refractivity contribution in [2.24, 2.45) is 0 Å². The minimum absolute atomic E-state index is 0.142. The number of sulfonamides is 1. The van der Waals surface area contributed by atoms with Gasteiger partial charge in [0.1, 0.15) is 5.82 Å². The van der Waals surface area contributed by atoms with E-state index in [-0.39, 0.29) is 4.90 Å². The van der Waals surface area contributed by atoms with Crippen molar-refractivity contribution in [3.8, 4) is 0 Å². The van der Waals surface area contributed by atoms with Crippen molar-refractivity contribution < 1.29 is 12.8 Å². The summed E-state index contributed by atoms with van der Waals surface area (Å²) in [5, 5.41) is 0. The van der Waals surface area contributed by atoms with E-state index in [1.54, 1.807) is 0 Å². The van der Waals surface area contributed by atoms with E-state index < -0.39 is 15.8 Å². The van der Waals surface area contributed by atoms with Crippen LogP contribution in [0.4, 0.5) is 10.1 Å². The summed E-state index contributed by atoms with van der Waals surface area (Å²) in [5.74, 6) is -0.436. The number of nitrogens with zero attached hydrogens (tertiary/aromatic N) is 2. The van der Waals surface area contributed by atoms with E-state index in [1.165, 1.54) is 39.7 Å². The minimum atomic E-state index is -3.56. The largest absolute Gasteiger partial charge is 0.369 e. The van der Waals surface area contributed by atoms with E-state index in [1.807, 2.05) is 0 Å². The molecule has 1 heterocycles. The van der Waals surface area contributed by atoms with Crippen molar-refractivity contribution >= 4 is 15.7 Å². The highest BCUT2D eigenvalue weighted by Gasteiger charge is 2.28. The summed E-state index contributed by atoms with van der Waals surface area (Å²) in [6.07, 6.45) is 0. The van der Waals surface area contributed by atoms with Gasteiger partial charge in [0.05, 0.1) is 4.90 Å². The second kappa shape index (κ2) is 6.53. The number of hydrogen-bond donors (Lipinski definition) is 0. The summed E-state index contributed by atoms with van der Waals surface area (Å²) in [4.78, 5) is 2.35. The third kappa shape index (κ3) is 3.44. The average molecular weight is 348 g/mol. The first-order chi connectivity index (χ1) is 11.4. The Kier molecular flexibility index (Phi) is 4.60. The molecule has 1 saturated heterocycles. The number of piperazine rings is 1. The summed E-state index contributed by atoms with van der Waals surface area (Å²) in [6, 6.07) is 11.4. The van der Waals surface area contributed by atoms with Crippen LogP contribution < -0.4 is 4.90 Å². The monoisotopic (exact) mass is 348 g/mol. The summed E-state index contributed by atoms with van der Waals surface area (Å²) in [6.45, 7) is 6.25. The number of halogens is 1. The van der Waals surface area contributed by atoms with Gasteiger partial charge in [-0.1, -0.05) is 6.07 Å². The van der Waals surface area contributed by atoms with Crippen LogP contribution >= 0.6 is 0 Å². The molecule has 0 N–H and O–H groups in total. The predicted molar refractivity (Wildman–Crippen MR) is 93.3 cm³/mol. The maximum Gasteiger partial charge on any atom is 0.243 e. The van der Waals surface area contributed by atoms with Crippen LogP contribution in [0.15, 0.2) is 47.4 Å². The van der Waals surface area contributed by atoms with Gasteiger partial charge in [-0.05, 0) is 61.4 Å². The molecule has 2 aromatic carbocycles. The number of hydrogen-bond acceptors (Lipinski definition) is 3. The lowest BCUT2D eigenvalue weighted by atomic mass is 10.1. The van der Waals surface area contributed by atoms with Crippen molar-refractivity contribution in [2.45, 2.75) is 18.7 Å². The summed E-state index contributed by atoms with van der Waals surface area (Å²) >= 11 is 0. The fourth-order valence-corrected chi connectivity index (χ4v) is 4.50. The van der Waals surface area contributed by atoms with Crippen molar-refractivity contribution in [1.29, 1.82) is 0 Å². The molecule has 3 rings (SSSR count). The summed E-state index contributed by atoms with van der Waals surface area (Å²) in [5.41, 5.74) is 3.53. The molecule has 0 radical (unpaired) electrons. The van der Waals surface area contributed by atoms with E-state index in [4.69, 9.17) is 0 Å². The Morgan fingerprint density at radius 1 is 0.875 bits per heavy atom. The Hall–Kier alpha value is -1.92. The molecule has 1 aliphatic rings. The van der Waals surface area contributed by atoms with Gasteiger partial charge in [-0.2, -0.15) is 4.31 Å². The van der Waals surface area contributed by atoms with Crippen LogP contribution in [-0.4, -0.2) is 38.9 Å². The fourth-order valence-electron chi connectivity index (χ4n) is 3.08. The third-order valence-corrected chi connectivity index (χ3v) is 6.17. The van der Waals surface area contributed by atoms with Crippen LogP contribution in [0.5, 0.6) is 0 Å². The van der Waals surface area contributed by atoms with Crippen LogP contribution in [0.1, 0.15) is 11.1 Å². The molecule has 4 nitrogen and oxygen atoms in total. The van der Waals surface area contributed by atoms with Crippen LogP contribution in [0.2, 0.25) is 0 Å². The minimum Gasteiger partial charge on any atom is -0.369 e. The quantitative estimate of drug-likeness (QED) is 0.856. The smallest absolute Gasteiger partial charge is 0.243 e. The van der Waals surface area contributed by atoms with Gasteiger partial charge >= 0.3 is 0 Å². The highest BCUT2D eigenvalue weighted by atomic mass is 32.2. The zero-order valence-electron chi connectivity index (χ0n) is 13.9. The van der Waals surface area contributed by atoms with Crippen molar-refractivity contribution in [1.82, 2.24) is 4.31 Å². The molecule has 0 aromatic heterocycles.